The summed E-state index contributed by atoms with van der Waals surface area (Å²) in [5, 5.41) is 2.01. The van der Waals surface area contributed by atoms with Crippen molar-refractivity contribution >= 4 is 45.1 Å². The van der Waals surface area contributed by atoms with Crippen LogP contribution in [0.1, 0.15) is 133 Å². The minimum atomic E-state index is -1.35. The number of benzene rings is 4. The highest BCUT2D eigenvalue weighted by Crippen LogP contribution is 2.55. The lowest BCUT2D eigenvalue weighted by Gasteiger charge is -2.32. The second-order valence-corrected chi connectivity index (χ2v) is 19.2. The first-order chi connectivity index (χ1) is 36.1. The molecule has 12 heteroatoms. The van der Waals surface area contributed by atoms with Crippen LogP contribution in [0.2, 0.25) is 0 Å². The maximum Gasteiger partial charge on any atom is 0.341 e. The lowest BCUT2D eigenvalue weighted by molar-refractivity contribution is 0.0227. The summed E-state index contributed by atoms with van der Waals surface area (Å²) in [6.07, 6.45) is 6.84. The largest absolute Gasteiger partial charge is 0.493 e. The van der Waals surface area contributed by atoms with Crippen molar-refractivity contribution in [3.8, 4) is 11.5 Å². The highest BCUT2D eigenvalue weighted by Gasteiger charge is 2.55. The number of fused-ring (bicyclic) bond motifs is 4. The van der Waals surface area contributed by atoms with E-state index >= 15 is 0 Å². The van der Waals surface area contributed by atoms with Gasteiger partial charge in [-0.1, -0.05) is 36.4 Å². The number of esters is 2. The number of carbonyl (C=O) groups excluding carboxylic acids is 2. The summed E-state index contributed by atoms with van der Waals surface area (Å²) in [5.74, 6) is 0.502. The van der Waals surface area contributed by atoms with E-state index in [9.17, 15) is 9.59 Å². The first-order valence-corrected chi connectivity index (χ1v) is 26.7. The van der Waals surface area contributed by atoms with Crippen LogP contribution in [0, 0.1) is 13.8 Å². The summed E-state index contributed by atoms with van der Waals surface area (Å²) in [6.45, 7) is 22.8. The van der Waals surface area contributed by atoms with Crippen LogP contribution in [0.5, 0.6) is 11.5 Å². The number of anilines is 2. The van der Waals surface area contributed by atoms with Gasteiger partial charge in [-0.15, -0.1) is 0 Å². The predicted octanol–water partition coefficient (Wildman–Crippen LogP) is 12.7. The highest BCUT2D eigenvalue weighted by molar-refractivity contribution is 5.99. The topological polar surface area (TPSA) is 113 Å². The maximum absolute atomic E-state index is 14.0. The Morgan fingerprint density at radius 2 is 0.919 bits per heavy atom. The molecule has 0 radical (unpaired) electrons. The second-order valence-electron chi connectivity index (χ2n) is 19.2. The van der Waals surface area contributed by atoms with Gasteiger partial charge < -0.3 is 37.9 Å². The fraction of sp³-hybridized carbons (Fsp3) is 0.355. The van der Waals surface area contributed by atoms with Crippen molar-refractivity contribution in [1.82, 2.24) is 19.1 Å². The van der Waals surface area contributed by atoms with Crippen LogP contribution in [0.3, 0.4) is 0 Å². The summed E-state index contributed by atoms with van der Waals surface area (Å²) >= 11 is 0. The van der Waals surface area contributed by atoms with Crippen molar-refractivity contribution in [2.24, 2.45) is 0 Å². The number of hydrogen-bond acceptors (Lipinski definition) is 10. The Morgan fingerprint density at radius 1 is 0.514 bits per heavy atom. The molecule has 2 unspecified atom stereocenters. The van der Waals surface area contributed by atoms with Gasteiger partial charge in [0, 0.05) is 131 Å². The van der Waals surface area contributed by atoms with Crippen LogP contribution < -0.4 is 19.3 Å². The SMILES string of the molecule is CCN(CC)c1ccc(C2(c3c(C)n(CC)c4ccccc34)OC(=O)c3cccnc32)c(OCCCCCCOc2cc(N(CC)CC)ccc2C2(c3c(C)n(CC)c4ccccc34)OC(=O)c3cccnc32)c1. The molecule has 0 bridgehead atoms. The lowest BCUT2D eigenvalue weighted by atomic mass is 9.80. The van der Waals surface area contributed by atoms with E-state index < -0.39 is 23.1 Å². The van der Waals surface area contributed by atoms with E-state index in [4.69, 9.17) is 28.9 Å². The molecular formula is C62H68N6O6. The van der Waals surface area contributed by atoms with Gasteiger partial charge in [0.15, 0.2) is 0 Å². The third-order valence-electron chi connectivity index (χ3n) is 15.5. The smallest absolute Gasteiger partial charge is 0.341 e. The van der Waals surface area contributed by atoms with Crippen LogP contribution in [0.4, 0.5) is 11.4 Å². The van der Waals surface area contributed by atoms with Gasteiger partial charge in [0.1, 0.15) is 22.9 Å². The van der Waals surface area contributed by atoms with Gasteiger partial charge in [0.25, 0.3) is 0 Å². The van der Waals surface area contributed by atoms with Crippen LogP contribution in [-0.4, -0.2) is 70.4 Å². The zero-order chi connectivity index (χ0) is 51.7. The molecule has 8 aromatic rings. The van der Waals surface area contributed by atoms with Crippen molar-refractivity contribution in [2.45, 2.75) is 105 Å². The van der Waals surface area contributed by atoms with Gasteiger partial charge in [-0.25, -0.2) is 9.59 Å². The Balaban J connectivity index is 0.934. The molecule has 0 aliphatic carbocycles. The number of aryl methyl sites for hydroxylation is 2. The number of unbranched alkanes of at least 4 members (excludes halogenated alkanes) is 3. The summed E-state index contributed by atoms with van der Waals surface area (Å²) in [5.41, 5.74) is 8.83. The van der Waals surface area contributed by atoms with E-state index in [2.05, 4.69) is 147 Å². The number of ether oxygens (including phenoxy) is 4. The molecule has 0 amide bonds. The normalized spacial score (nSPS) is 16.9. The lowest BCUT2D eigenvalue weighted by Crippen LogP contribution is -2.32. The number of pyridine rings is 2. The molecule has 2 aliphatic heterocycles. The Bertz CT molecular complexity index is 3160. The van der Waals surface area contributed by atoms with Crippen molar-refractivity contribution in [3.63, 3.8) is 0 Å². The predicted molar refractivity (Wildman–Crippen MR) is 293 cm³/mol. The fourth-order valence-corrected chi connectivity index (χ4v) is 12.1. The number of aromatic nitrogens is 4. The van der Waals surface area contributed by atoms with Gasteiger partial charge in [-0.2, -0.15) is 0 Å². The molecule has 0 saturated heterocycles. The monoisotopic (exact) mass is 993 g/mol. The van der Waals surface area contributed by atoms with Gasteiger partial charge in [-0.05, 0) is 142 Å². The molecule has 382 valence electrons. The first-order valence-electron chi connectivity index (χ1n) is 26.7. The van der Waals surface area contributed by atoms with Crippen molar-refractivity contribution in [3.05, 3.63) is 178 Å². The minimum Gasteiger partial charge on any atom is -0.493 e. The Labute approximate surface area is 434 Å². The van der Waals surface area contributed by atoms with Gasteiger partial charge in [0.05, 0.1) is 24.3 Å². The Morgan fingerprint density at radius 3 is 1.31 bits per heavy atom. The van der Waals surface area contributed by atoms with E-state index in [1.54, 1.807) is 24.5 Å². The number of nitrogens with zero attached hydrogens (tertiary/aromatic N) is 6. The number of para-hydroxylation sites is 2. The number of rotatable bonds is 21. The van der Waals surface area contributed by atoms with Crippen LogP contribution in [0.15, 0.2) is 122 Å². The van der Waals surface area contributed by atoms with Crippen LogP contribution in [0.25, 0.3) is 21.8 Å². The average molecular weight is 993 g/mol. The molecule has 4 aromatic heterocycles. The molecule has 74 heavy (non-hydrogen) atoms. The van der Waals surface area contributed by atoms with Gasteiger partial charge in [0.2, 0.25) is 11.2 Å². The number of hydrogen-bond donors (Lipinski definition) is 0. The molecule has 4 aromatic carbocycles. The van der Waals surface area contributed by atoms with E-state index in [1.807, 2.05) is 24.3 Å². The number of carbonyl (C=O) groups is 2. The zero-order valence-corrected chi connectivity index (χ0v) is 44.2. The molecule has 0 N–H and O–H groups in total. The van der Waals surface area contributed by atoms with Crippen molar-refractivity contribution in [2.75, 3.05) is 49.2 Å². The third-order valence-corrected chi connectivity index (χ3v) is 15.5. The molecule has 12 nitrogen and oxygen atoms in total. The second kappa shape index (κ2) is 20.7. The highest BCUT2D eigenvalue weighted by atomic mass is 16.6. The Kier molecular flexibility index (Phi) is 14.0. The molecule has 0 saturated carbocycles. The van der Waals surface area contributed by atoms with Crippen molar-refractivity contribution in [1.29, 1.82) is 0 Å². The summed E-state index contributed by atoms with van der Waals surface area (Å²) in [6, 6.07) is 36.4. The van der Waals surface area contributed by atoms with Crippen LogP contribution in [-0.2, 0) is 33.8 Å². The van der Waals surface area contributed by atoms with Gasteiger partial charge >= 0.3 is 11.9 Å². The average Bonchev–Trinajstić information content (AvgIpc) is 4.18. The van der Waals surface area contributed by atoms with Gasteiger partial charge in [-0.3, -0.25) is 9.97 Å². The fourth-order valence-electron chi connectivity index (χ4n) is 12.1. The first kappa shape index (κ1) is 50.0. The maximum atomic E-state index is 14.0. The molecule has 10 rings (SSSR count). The summed E-state index contributed by atoms with van der Waals surface area (Å²) in [7, 11) is 0. The molecule has 2 atom stereocenters. The summed E-state index contributed by atoms with van der Waals surface area (Å²) < 4.78 is 31.9. The molecule has 2 aliphatic rings. The standard InChI is InChI=1S/C62H68N6O6/c1-9-65(10-2)43-31-33-49(61(57-47(59(69)73-61)27-23-35-63-57)55-41(7)67(13-5)51-29-19-17-25-45(51)55)53(39-43)71-37-21-15-16-22-38-72-54-40-44(66(11-3)12-4)32-34-50(54)62(58-48(60(70)74-62)28-24-36-64-58)56-42(8)68(14-6)52-30-20-18-26-46(52)56/h17-20,23-36,39-40H,9-16,21-22,37-38H2,1-8H3. The number of cyclic esters (lactones) is 2. The van der Waals surface area contributed by atoms with Crippen LogP contribution >= 0.6 is 0 Å². The molecule has 6 heterocycles. The Hall–Kier alpha value is -7.60. The quantitative estimate of drug-likeness (QED) is 0.0509. The van der Waals surface area contributed by atoms with E-state index in [1.165, 1.54) is 0 Å². The van der Waals surface area contributed by atoms with Crippen molar-refractivity contribution < 1.29 is 28.5 Å². The summed E-state index contributed by atoms with van der Waals surface area (Å²) in [4.78, 5) is 42.5. The van der Waals surface area contributed by atoms with E-state index in [-0.39, 0.29) is 0 Å². The molecule has 0 fully saturated rings. The van der Waals surface area contributed by atoms with E-state index in [0.717, 1.165) is 132 Å². The molecule has 0 spiro atoms. The van der Waals surface area contributed by atoms with E-state index in [0.29, 0.717) is 47.2 Å². The zero-order valence-electron chi connectivity index (χ0n) is 44.2. The molecular weight excluding hydrogens is 925 g/mol. The third kappa shape index (κ3) is 8.04. The minimum absolute atomic E-state index is 0.408.